The summed E-state index contributed by atoms with van der Waals surface area (Å²) in [6, 6.07) is 7.83. The number of furan rings is 1. The number of rotatable bonds is 4. The first kappa shape index (κ1) is 15.1. The second-order valence-corrected chi connectivity index (χ2v) is 5.05. The molecule has 7 nitrogen and oxygen atoms in total. The van der Waals surface area contributed by atoms with Gasteiger partial charge >= 0.3 is 0 Å². The fourth-order valence-corrected chi connectivity index (χ4v) is 2.46. The van der Waals surface area contributed by atoms with Crippen LogP contribution in [0.3, 0.4) is 0 Å². The van der Waals surface area contributed by atoms with Gasteiger partial charge in [-0.05, 0) is 30.3 Å². The molecule has 1 aromatic carbocycles. The maximum absolute atomic E-state index is 11.9. The molecule has 1 N–H and O–H groups in total. The van der Waals surface area contributed by atoms with E-state index in [1.54, 1.807) is 18.2 Å². The predicted octanol–water partition coefficient (Wildman–Crippen LogP) is 0.732. The Bertz CT molecular complexity index is 705. The van der Waals surface area contributed by atoms with Crippen LogP contribution in [0.25, 0.3) is 0 Å². The van der Waals surface area contributed by atoms with Crippen LogP contribution in [0, 0.1) is 0 Å². The Morgan fingerprint density at radius 2 is 1.96 bits per heavy atom. The van der Waals surface area contributed by atoms with Crippen LogP contribution in [0.1, 0.15) is 20.9 Å². The lowest BCUT2D eigenvalue weighted by Crippen LogP contribution is -2.38. The summed E-state index contributed by atoms with van der Waals surface area (Å²) >= 11 is 0. The maximum Gasteiger partial charge on any atom is 0.291 e. The number of hydrogen-bond donors (Lipinski definition) is 1. The Morgan fingerprint density at radius 1 is 1.17 bits per heavy atom. The van der Waals surface area contributed by atoms with E-state index >= 15 is 0 Å². The Kier molecular flexibility index (Phi) is 4.29. The summed E-state index contributed by atoms with van der Waals surface area (Å²) in [7, 11) is 0. The van der Waals surface area contributed by atoms with Crippen LogP contribution in [0.2, 0.25) is 0 Å². The lowest BCUT2D eigenvalue weighted by atomic mass is 10.1. The van der Waals surface area contributed by atoms with Crippen molar-refractivity contribution in [1.29, 1.82) is 0 Å². The summed E-state index contributed by atoms with van der Waals surface area (Å²) in [5.41, 5.74) is 0.955. The minimum atomic E-state index is -1.29. The van der Waals surface area contributed by atoms with Crippen molar-refractivity contribution in [3.05, 3.63) is 47.9 Å². The fraction of sp³-hybridized carbons (Fsp3) is 0.250. The highest BCUT2D eigenvalue weighted by Crippen LogP contribution is 2.25. The molecule has 0 bridgehead atoms. The van der Waals surface area contributed by atoms with Crippen molar-refractivity contribution in [1.82, 2.24) is 0 Å². The van der Waals surface area contributed by atoms with Crippen LogP contribution in [-0.4, -0.2) is 38.2 Å². The van der Waals surface area contributed by atoms with Crippen LogP contribution >= 0.6 is 0 Å². The van der Waals surface area contributed by atoms with Gasteiger partial charge in [-0.2, -0.15) is 0 Å². The molecule has 0 radical (unpaired) electrons. The molecular weight excluding hydrogens is 300 g/mol. The van der Waals surface area contributed by atoms with E-state index in [1.165, 1.54) is 18.4 Å². The number of carboxylic acid groups (broad SMARTS) is 1. The minimum absolute atomic E-state index is 0.0316. The zero-order valence-corrected chi connectivity index (χ0v) is 12.3. The van der Waals surface area contributed by atoms with Crippen molar-refractivity contribution in [2.45, 2.75) is 0 Å². The number of carboxylic acids is 1. The van der Waals surface area contributed by atoms with Crippen molar-refractivity contribution in [3.63, 3.8) is 0 Å². The molecule has 1 aromatic heterocycles. The highest BCUT2D eigenvalue weighted by atomic mass is 16.5. The first-order valence-corrected chi connectivity index (χ1v) is 7.18. The molecule has 2 heterocycles. The number of amides is 1. The normalized spacial score (nSPS) is 14.5. The summed E-state index contributed by atoms with van der Waals surface area (Å²) in [6.07, 6.45) is 1.39. The number of nitrogens with one attached hydrogen (secondary N) is 1. The van der Waals surface area contributed by atoms with Crippen LogP contribution in [0.15, 0.2) is 41.0 Å². The molecule has 1 saturated heterocycles. The van der Waals surface area contributed by atoms with E-state index in [-0.39, 0.29) is 11.3 Å². The summed E-state index contributed by atoms with van der Waals surface area (Å²) < 4.78 is 10.3. The summed E-state index contributed by atoms with van der Waals surface area (Å²) in [5, 5.41) is 14.0. The molecule has 0 atom stereocenters. The first-order chi connectivity index (χ1) is 11.1. The summed E-state index contributed by atoms with van der Waals surface area (Å²) in [5.74, 6) is -1.59. The Hall–Kier alpha value is -2.80. The zero-order chi connectivity index (χ0) is 16.2. The van der Waals surface area contributed by atoms with Crippen LogP contribution in [0.4, 0.5) is 11.4 Å². The van der Waals surface area contributed by atoms with Gasteiger partial charge in [-0.1, -0.05) is 0 Å². The molecule has 120 valence electrons. The van der Waals surface area contributed by atoms with E-state index in [0.717, 1.165) is 0 Å². The molecule has 1 fully saturated rings. The number of hydrogen-bond acceptors (Lipinski definition) is 6. The molecule has 1 aliphatic rings. The van der Waals surface area contributed by atoms with Crippen molar-refractivity contribution in [2.75, 3.05) is 36.5 Å². The van der Waals surface area contributed by atoms with E-state index < -0.39 is 11.9 Å². The Labute approximate surface area is 132 Å². The minimum Gasteiger partial charge on any atom is -0.545 e. The van der Waals surface area contributed by atoms with Crippen LogP contribution < -0.4 is 15.3 Å². The van der Waals surface area contributed by atoms with Gasteiger partial charge in [0.1, 0.15) is 0 Å². The van der Waals surface area contributed by atoms with Crippen molar-refractivity contribution < 1.29 is 23.8 Å². The molecule has 0 spiro atoms. The van der Waals surface area contributed by atoms with Gasteiger partial charge in [-0.25, -0.2) is 0 Å². The summed E-state index contributed by atoms with van der Waals surface area (Å²) in [6.45, 7) is 2.31. The number of ether oxygens (including phenoxy) is 1. The SMILES string of the molecule is O=C(Nc1ccc(N2CCOCC2)c(C(=O)[O-])c1)c1ccco1. The molecule has 0 unspecified atom stereocenters. The molecule has 7 heteroatoms. The molecule has 1 aliphatic heterocycles. The zero-order valence-electron chi connectivity index (χ0n) is 12.3. The van der Waals surface area contributed by atoms with Crippen molar-refractivity contribution in [2.24, 2.45) is 0 Å². The maximum atomic E-state index is 11.9. The number of carbonyl (C=O) groups is 2. The van der Waals surface area contributed by atoms with Crippen LogP contribution in [-0.2, 0) is 4.74 Å². The first-order valence-electron chi connectivity index (χ1n) is 7.18. The Balaban J connectivity index is 1.84. The molecule has 1 amide bonds. The lowest BCUT2D eigenvalue weighted by molar-refractivity contribution is -0.254. The third-order valence-electron chi connectivity index (χ3n) is 3.57. The second-order valence-electron chi connectivity index (χ2n) is 5.05. The van der Waals surface area contributed by atoms with E-state index in [2.05, 4.69) is 5.32 Å². The largest absolute Gasteiger partial charge is 0.545 e. The van der Waals surface area contributed by atoms with Gasteiger partial charge in [-0.15, -0.1) is 0 Å². The number of morpholine rings is 1. The molecule has 2 aromatic rings. The average Bonchev–Trinajstić information content (AvgIpc) is 3.10. The smallest absolute Gasteiger partial charge is 0.291 e. The van der Waals surface area contributed by atoms with E-state index in [0.29, 0.717) is 37.7 Å². The Morgan fingerprint density at radius 3 is 2.61 bits per heavy atom. The third-order valence-corrected chi connectivity index (χ3v) is 3.57. The molecule has 0 saturated carbocycles. The molecular formula is C16H15N2O5-. The van der Waals surface area contributed by atoms with Gasteiger partial charge in [0.25, 0.3) is 5.91 Å². The number of aromatic carboxylic acids is 1. The average molecular weight is 315 g/mol. The highest BCUT2D eigenvalue weighted by Gasteiger charge is 2.17. The van der Waals surface area contributed by atoms with E-state index in [4.69, 9.17) is 9.15 Å². The quantitative estimate of drug-likeness (QED) is 0.894. The standard InChI is InChI=1S/C16H16N2O5/c19-15(14-2-1-7-23-14)17-11-3-4-13(12(10-11)16(20)21)18-5-8-22-9-6-18/h1-4,7,10H,5-6,8-9H2,(H,17,19)(H,20,21)/p-1. The topological polar surface area (TPSA) is 94.8 Å². The molecule has 23 heavy (non-hydrogen) atoms. The van der Waals surface area contributed by atoms with E-state index in [9.17, 15) is 14.7 Å². The van der Waals surface area contributed by atoms with Crippen LogP contribution in [0.5, 0.6) is 0 Å². The third kappa shape index (κ3) is 3.35. The van der Waals surface area contributed by atoms with E-state index in [1.807, 2.05) is 4.90 Å². The highest BCUT2D eigenvalue weighted by molar-refractivity contribution is 6.03. The van der Waals surface area contributed by atoms with Gasteiger partial charge in [-0.3, -0.25) is 4.79 Å². The lowest BCUT2D eigenvalue weighted by Gasteiger charge is -2.31. The number of benzene rings is 1. The fourth-order valence-electron chi connectivity index (χ4n) is 2.46. The number of carbonyl (C=O) groups excluding carboxylic acids is 2. The van der Waals surface area contributed by atoms with Gasteiger partial charge in [0.2, 0.25) is 0 Å². The van der Waals surface area contributed by atoms with Gasteiger partial charge in [0, 0.05) is 30.0 Å². The summed E-state index contributed by atoms with van der Waals surface area (Å²) in [4.78, 5) is 25.3. The van der Waals surface area contributed by atoms with Crippen molar-refractivity contribution >= 4 is 23.3 Å². The number of anilines is 2. The monoisotopic (exact) mass is 315 g/mol. The van der Waals surface area contributed by atoms with Gasteiger partial charge < -0.3 is 29.3 Å². The molecule has 0 aliphatic carbocycles. The van der Waals surface area contributed by atoms with Gasteiger partial charge in [0.05, 0.1) is 25.4 Å². The molecule has 3 rings (SSSR count). The van der Waals surface area contributed by atoms with Crippen molar-refractivity contribution in [3.8, 4) is 0 Å². The van der Waals surface area contributed by atoms with Gasteiger partial charge in [0.15, 0.2) is 5.76 Å². The number of nitrogens with zero attached hydrogens (tertiary/aromatic N) is 1. The second kappa shape index (κ2) is 6.53. The predicted molar refractivity (Wildman–Crippen MR) is 80.5 cm³/mol.